The van der Waals surface area contributed by atoms with Crippen molar-refractivity contribution in [3.63, 3.8) is 0 Å². The van der Waals surface area contributed by atoms with Crippen LogP contribution in [0.2, 0.25) is 0 Å². The largest absolute Gasteiger partial charge is 0.465 e. The van der Waals surface area contributed by atoms with Crippen LogP contribution in [0.5, 0.6) is 0 Å². The molecule has 0 saturated heterocycles. The normalized spacial score (nSPS) is 11.4. The molecular formula is C20H21N5O3. The van der Waals surface area contributed by atoms with Gasteiger partial charge in [-0.2, -0.15) is 0 Å². The van der Waals surface area contributed by atoms with Crippen molar-refractivity contribution in [1.29, 1.82) is 0 Å². The number of carbonyl (C=O) groups excluding carboxylic acids is 1. The second-order valence-electron chi connectivity index (χ2n) is 6.60. The van der Waals surface area contributed by atoms with Crippen molar-refractivity contribution >= 4 is 28.0 Å². The zero-order valence-electron chi connectivity index (χ0n) is 16.0. The Labute approximate surface area is 161 Å². The van der Waals surface area contributed by atoms with E-state index < -0.39 is 0 Å². The molecule has 3 heterocycles. The average Bonchev–Trinajstić information content (AvgIpc) is 3.26. The lowest BCUT2D eigenvalue weighted by Crippen LogP contribution is -2.22. The van der Waals surface area contributed by atoms with Crippen molar-refractivity contribution in [2.24, 2.45) is 0 Å². The maximum Gasteiger partial charge on any atom is 0.251 e. The summed E-state index contributed by atoms with van der Waals surface area (Å²) in [6.45, 7) is 5.33. The van der Waals surface area contributed by atoms with Gasteiger partial charge in [0.1, 0.15) is 17.3 Å². The number of benzene rings is 1. The molecule has 0 spiro atoms. The van der Waals surface area contributed by atoms with Gasteiger partial charge in [-0.05, 0) is 44.2 Å². The van der Waals surface area contributed by atoms with Crippen LogP contribution in [0, 0.1) is 13.8 Å². The molecule has 0 atom stereocenters. The fourth-order valence-electron chi connectivity index (χ4n) is 3.25. The van der Waals surface area contributed by atoms with Crippen LogP contribution in [0.3, 0.4) is 0 Å². The molecule has 0 aliphatic heterocycles. The molecule has 28 heavy (non-hydrogen) atoms. The van der Waals surface area contributed by atoms with Crippen molar-refractivity contribution < 1.29 is 13.9 Å². The average molecular weight is 379 g/mol. The molecular weight excluding hydrogens is 358 g/mol. The van der Waals surface area contributed by atoms with E-state index in [4.69, 9.17) is 9.15 Å². The summed E-state index contributed by atoms with van der Waals surface area (Å²) < 4.78 is 12.8. The molecule has 1 aromatic carbocycles. The number of rotatable bonds is 6. The van der Waals surface area contributed by atoms with Crippen LogP contribution < -0.4 is 5.32 Å². The number of hydrogen-bond acceptors (Lipinski definition) is 6. The SMILES string of the molecule is COCCn1c(C)nc2nnc3ccc(C(=O)NCc4ccc(C)o4)cc3c21. The Kier molecular flexibility index (Phi) is 4.79. The summed E-state index contributed by atoms with van der Waals surface area (Å²) in [5.41, 5.74) is 2.67. The molecule has 3 aromatic heterocycles. The number of imidazole rings is 1. The van der Waals surface area contributed by atoms with E-state index in [0.29, 0.717) is 42.2 Å². The van der Waals surface area contributed by atoms with Gasteiger partial charge in [0, 0.05) is 24.6 Å². The number of nitrogens with one attached hydrogen (secondary N) is 1. The second-order valence-corrected chi connectivity index (χ2v) is 6.60. The monoisotopic (exact) mass is 379 g/mol. The Hall–Kier alpha value is -3.26. The molecule has 1 amide bonds. The number of furan rings is 1. The van der Waals surface area contributed by atoms with E-state index >= 15 is 0 Å². The predicted molar refractivity (Wildman–Crippen MR) is 104 cm³/mol. The van der Waals surface area contributed by atoms with E-state index in [1.54, 1.807) is 19.2 Å². The van der Waals surface area contributed by atoms with Gasteiger partial charge in [0.25, 0.3) is 5.91 Å². The number of aryl methyl sites for hydroxylation is 2. The van der Waals surface area contributed by atoms with Gasteiger partial charge in [-0.3, -0.25) is 4.79 Å². The van der Waals surface area contributed by atoms with E-state index in [0.717, 1.165) is 22.5 Å². The van der Waals surface area contributed by atoms with E-state index in [-0.39, 0.29) is 5.91 Å². The molecule has 0 aliphatic rings. The first-order chi connectivity index (χ1) is 13.6. The topological polar surface area (TPSA) is 95.1 Å². The molecule has 0 aliphatic carbocycles. The van der Waals surface area contributed by atoms with Crippen molar-refractivity contribution in [2.75, 3.05) is 13.7 Å². The van der Waals surface area contributed by atoms with Crippen molar-refractivity contribution in [3.05, 3.63) is 53.2 Å². The lowest BCUT2D eigenvalue weighted by atomic mass is 10.1. The fourth-order valence-corrected chi connectivity index (χ4v) is 3.25. The number of carbonyl (C=O) groups is 1. The molecule has 1 N–H and O–H groups in total. The molecule has 4 aromatic rings. The van der Waals surface area contributed by atoms with Gasteiger partial charge in [-0.25, -0.2) is 4.98 Å². The highest BCUT2D eigenvalue weighted by molar-refractivity contribution is 6.05. The van der Waals surface area contributed by atoms with Gasteiger partial charge in [0.2, 0.25) is 5.65 Å². The molecule has 144 valence electrons. The summed E-state index contributed by atoms with van der Waals surface area (Å²) in [6, 6.07) is 9.10. The quantitative estimate of drug-likeness (QED) is 0.553. The molecule has 4 rings (SSSR count). The maximum absolute atomic E-state index is 12.6. The molecule has 0 saturated carbocycles. The molecule has 0 bridgehead atoms. The van der Waals surface area contributed by atoms with Gasteiger partial charge < -0.3 is 19.0 Å². The summed E-state index contributed by atoms with van der Waals surface area (Å²) in [5, 5.41) is 12.2. The Morgan fingerprint density at radius 1 is 1.21 bits per heavy atom. The van der Waals surface area contributed by atoms with Crippen molar-refractivity contribution in [2.45, 2.75) is 26.9 Å². The van der Waals surface area contributed by atoms with Crippen LogP contribution in [-0.4, -0.2) is 39.4 Å². The third-order valence-corrected chi connectivity index (χ3v) is 4.64. The molecule has 8 heteroatoms. The number of hydrogen-bond donors (Lipinski definition) is 1. The minimum Gasteiger partial charge on any atom is -0.465 e. The zero-order chi connectivity index (χ0) is 19.7. The first kappa shape index (κ1) is 18.1. The number of amides is 1. The minimum absolute atomic E-state index is 0.180. The first-order valence-corrected chi connectivity index (χ1v) is 9.02. The van der Waals surface area contributed by atoms with E-state index in [9.17, 15) is 4.79 Å². The summed E-state index contributed by atoms with van der Waals surface area (Å²) in [5.74, 6) is 2.18. The zero-order valence-corrected chi connectivity index (χ0v) is 16.0. The lowest BCUT2D eigenvalue weighted by molar-refractivity contribution is 0.0948. The second kappa shape index (κ2) is 7.40. The highest BCUT2D eigenvalue weighted by Gasteiger charge is 2.15. The van der Waals surface area contributed by atoms with Gasteiger partial charge in [0.15, 0.2) is 0 Å². The van der Waals surface area contributed by atoms with Crippen LogP contribution >= 0.6 is 0 Å². The highest BCUT2D eigenvalue weighted by atomic mass is 16.5. The number of methoxy groups -OCH3 is 1. The maximum atomic E-state index is 12.6. The lowest BCUT2D eigenvalue weighted by Gasteiger charge is -2.09. The standard InChI is InChI=1S/C20H21N5O3/c1-12-4-6-15(28-12)11-21-20(26)14-5-7-17-16(10-14)18-19(24-23-17)22-13(2)25(18)8-9-27-3/h4-7,10H,8-9,11H2,1-3H3,(H,21,26). The molecule has 0 radical (unpaired) electrons. The van der Waals surface area contributed by atoms with Crippen LogP contribution in [0.25, 0.3) is 22.1 Å². The number of nitrogens with zero attached hydrogens (tertiary/aromatic N) is 4. The van der Waals surface area contributed by atoms with Crippen LogP contribution in [0.1, 0.15) is 27.7 Å². The van der Waals surface area contributed by atoms with Gasteiger partial charge in [0.05, 0.1) is 24.2 Å². The van der Waals surface area contributed by atoms with Crippen LogP contribution in [0.4, 0.5) is 0 Å². The molecule has 8 nitrogen and oxygen atoms in total. The summed E-state index contributed by atoms with van der Waals surface area (Å²) in [6.07, 6.45) is 0. The third kappa shape index (κ3) is 3.34. The van der Waals surface area contributed by atoms with E-state index in [1.165, 1.54) is 0 Å². The molecule has 0 unspecified atom stereocenters. The fraction of sp³-hybridized carbons (Fsp3) is 0.300. The first-order valence-electron chi connectivity index (χ1n) is 9.02. The molecule has 0 fully saturated rings. The minimum atomic E-state index is -0.180. The van der Waals surface area contributed by atoms with Crippen LogP contribution in [0.15, 0.2) is 34.7 Å². The Bertz CT molecular complexity index is 1160. The predicted octanol–water partition coefficient (Wildman–Crippen LogP) is 2.77. The highest BCUT2D eigenvalue weighted by Crippen LogP contribution is 2.24. The van der Waals surface area contributed by atoms with Crippen LogP contribution in [-0.2, 0) is 17.8 Å². The Morgan fingerprint density at radius 2 is 2.07 bits per heavy atom. The van der Waals surface area contributed by atoms with Crippen molar-refractivity contribution in [1.82, 2.24) is 25.1 Å². The Balaban J connectivity index is 1.70. The number of aromatic nitrogens is 4. The van der Waals surface area contributed by atoms with E-state index in [1.807, 2.05) is 36.6 Å². The number of ether oxygens (including phenoxy) is 1. The van der Waals surface area contributed by atoms with E-state index in [2.05, 4.69) is 20.5 Å². The van der Waals surface area contributed by atoms with Gasteiger partial charge in [-0.1, -0.05) is 0 Å². The third-order valence-electron chi connectivity index (χ3n) is 4.64. The summed E-state index contributed by atoms with van der Waals surface area (Å²) >= 11 is 0. The van der Waals surface area contributed by atoms with Gasteiger partial charge in [-0.15, -0.1) is 10.2 Å². The summed E-state index contributed by atoms with van der Waals surface area (Å²) in [7, 11) is 1.66. The van der Waals surface area contributed by atoms with Gasteiger partial charge >= 0.3 is 0 Å². The Morgan fingerprint density at radius 3 is 2.82 bits per heavy atom. The summed E-state index contributed by atoms with van der Waals surface area (Å²) in [4.78, 5) is 17.1. The smallest absolute Gasteiger partial charge is 0.251 e. The van der Waals surface area contributed by atoms with Crippen molar-refractivity contribution in [3.8, 4) is 0 Å². The number of fused-ring (bicyclic) bond motifs is 3.